The highest BCUT2D eigenvalue weighted by Crippen LogP contribution is 2.12. The molecule has 0 spiro atoms. The third kappa shape index (κ3) is 3.84. The molecule has 1 heterocycles. The zero-order chi connectivity index (χ0) is 13.5. The van der Waals surface area contributed by atoms with Gasteiger partial charge in [0, 0.05) is 24.9 Å². The summed E-state index contributed by atoms with van der Waals surface area (Å²) in [5.74, 6) is 1.12. The summed E-state index contributed by atoms with van der Waals surface area (Å²) in [7, 11) is 0. The second-order valence-electron chi connectivity index (χ2n) is 4.45. The SMILES string of the molecule is CCNC(Cn1ccnc1C(C)C)C(=O)OCC. The molecule has 0 fully saturated rings. The van der Waals surface area contributed by atoms with E-state index in [0.29, 0.717) is 19.1 Å². The van der Waals surface area contributed by atoms with Crippen molar-refractivity contribution in [1.29, 1.82) is 0 Å². The van der Waals surface area contributed by atoms with Crippen LogP contribution in [0.25, 0.3) is 0 Å². The number of carbonyl (C=O) groups is 1. The Bertz CT molecular complexity index is 374. The highest BCUT2D eigenvalue weighted by atomic mass is 16.5. The smallest absolute Gasteiger partial charge is 0.324 e. The summed E-state index contributed by atoms with van der Waals surface area (Å²) in [6.45, 7) is 9.66. The van der Waals surface area contributed by atoms with Crippen LogP contribution in [0.3, 0.4) is 0 Å². The molecule has 102 valence electrons. The lowest BCUT2D eigenvalue weighted by molar-refractivity contribution is -0.146. The summed E-state index contributed by atoms with van der Waals surface area (Å²) in [5.41, 5.74) is 0. The van der Waals surface area contributed by atoms with E-state index in [9.17, 15) is 4.79 Å². The highest BCUT2D eigenvalue weighted by Gasteiger charge is 2.20. The molecule has 0 saturated carbocycles. The van der Waals surface area contributed by atoms with E-state index < -0.39 is 0 Å². The van der Waals surface area contributed by atoms with Gasteiger partial charge < -0.3 is 14.6 Å². The molecule has 0 aromatic carbocycles. The molecule has 1 aromatic heterocycles. The normalized spacial score (nSPS) is 12.7. The van der Waals surface area contributed by atoms with Crippen molar-refractivity contribution < 1.29 is 9.53 Å². The Balaban J connectivity index is 2.76. The maximum absolute atomic E-state index is 11.8. The van der Waals surface area contributed by atoms with Crippen molar-refractivity contribution in [1.82, 2.24) is 14.9 Å². The minimum atomic E-state index is -0.318. The zero-order valence-corrected chi connectivity index (χ0v) is 11.6. The third-order valence-corrected chi connectivity index (χ3v) is 2.66. The molecule has 1 rings (SSSR count). The molecule has 5 heteroatoms. The van der Waals surface area contributed by atoms with E-state index in [1.165, 1.54) is 0 Å². The predicted molar refractivity (Wildman–Crippen MR) is 70.4 cm³/mol. The van der Waals surface area contributed by atoms with Gasteiger partial charge >= 0.3 is 5.97 Å². The van der Waals surface area contributed by atoms with Gasteiger partial charge in [-0.05, 0) is 13.5 Å². The number of aromatic nitrogens is 2. The molecule has 1 aromatic rings. The first kappa shape index (κ1) is 14.7. The Morgan fingerprint density at radius 2 is 2.22 bits per heavy atom. The summed E-state index contributed by atoms with van der Waals surface area (Å²) >= 11 is 0. The number of imidazole rings is 1. The molecular formula is C13H23N3O2. The fraction of sp³-hybridized carbons (Fsp3) is 0.692. The van der Waals surface area contributed by atoms with Crippen molar-refractivity contribution in [2.45, 2.75) is 46.2 Å². The molecule has 0 saturated heterocycles. The number of carbonyl (C=O) groups excluding carboxylic acids is 1. The van der Waals surface area contributed by atoms with Crippen LogP contribution in [0.15, 0.2) is 12.4 Å². The van der Waals surface area contributed by atoms with Crippen LogP contribution in [0.1, 0.15) is 39.4 Å². The fourth-order valence-corrected chi connectivity index (χ4v) is 1.88. The molecule has 0 aliphatic heterocycles. The molecule has 5 nitrogen and oxygen atoms in total. The van der Waals surface area contributed by atoms with Crippen LogP contribution in [0, 0.1) is 0 Å². The Hall–Kier alpha value is -1.36. The van der Waals surface area contributed by atoms with Gasteiger partial charge in [-0.2, -0.15) is 0 Å². The summed E-state index contributed by atoms with van der Waals surface area (Å²) in [5, 5.41) is 3.15. The molecule has 0 bridgehead atoms. The van der Waals surface area contributed by atoms with Crippen LogP contribution in [-0.4, -0.2) is 34.7 Å². The maximum atomic E-state index is 11.8. The van der Waals surface area contributed by atoms with Gasteiger partial charge in [-0.3, -0.25) is 4.79 Å². The van der Waals surface area contributed by atoms with Gasteiger partial charge in [0.15, 0.2) is 0 Å². The van der Waals surface area contributed by atoms with E-state index in [1.54, 1.807) is 6.20 Å². The largest absolute Gasteiger partial charge is 0.465 e. The number of ether oxygens (including phenoxy) is 1. The monoisotopic (exact) mass is 253 g/mol. The van der Waals surface area contributed by atoms with Crippen molar-refractivity contribution in [3.8, 4) is 0 Å². The van der Waals surface area contributed by atoms with Gasteiger partial charge in [0.25, 0.3) is 0 Å². The van der Waals surface area contributed by atoms with Gasteiger partial charge in [-0.15, -0.1) is 0 Å². The van der Waals surface area contributed by atoms with Crippen LogP contribution in [0.5, 0.6) is 0 Å². The zero-order valence-electron chi connectivity index (χ0n) is 11.6. The number of hydrogen-bond acceptors (Lipinski definition) is 4. The molecule has 1 unspecified atom stereocenters. The molecule has 0 radical (unpaired) electrons. The number of rotatable bonds is 7. The van der Waals surface area contributed by atoms with Gasteiger partial charge in [-0.25, -0.2) is 4.98 Å². The lowest BCUT2D eigenvalue weighted by Crippen LogP contribution is -2.41. The first-order chi connectivity index (χ1) is 8.60. The summed E-state index contributed by atoms with van der Waals surface area (Å²) in [4.78, 5) is 16.1. The maximum Gasteiger partial charge on any atom is 0.324 e. The quantitative estimate of drug-likeness (QED) is 0.749. The molecular weight excluding hydrogens is 230 g/mol. The van der Waals surface area contributed by atoms with E-state index in [1.807, 2.05) is 24.6 Å². The van der Waals surface area contributed by atoms with Crippen LogP contribution < -0.4 is 5.32 Å². The minimum Gasteiger partial charge on any atom is -0.465 e. The Labute approximate surface area is 109 Å². The van der Waals surface area contributed by atoms with Gasteiger partial charge in [0.2, 0.25) is 0 Å². The van der Waals surface area contributed by atoms with Crippen LogP contribution in [0.4, 0.5) is 0 Å². The Morgan fingerprint density at radius 1 is 1.50 bits per heavy atom. The highest BCUT2D eigenvalue weighted by molar-refractivity contribution is 5.75. The molecule has 1 N–H and O–H groups in total. The van der Waals surface area contributed by atoms with E-state index in [4.69, 9.17) is 4.74 Å². The standard InChI is InChI=1S/C13H23N3O2/c1-5-14-11(13(17)18-6-2)9-16-8-7-15-12(16)10(3)4/h7-8,10-11,14H,5-6,9H2,1-4H3. The minimum absolute atomic E-state index is 0.206. The second kappa shape index (κ2) is 7.16. The first-order valence-electron chi connectivity index (χ1n) is 6.51. The van der Waals surface area contributed by atoms with Gasteiger partial charge in [0.05, 0.1) is 6.61 Å². The summed E-state index contributed by atoms with van der Waals surface area (Å²) in [6, 6.07) is -0.318. The Kier molecular flexibility index (Phi) is 5.85. The molecule has 0 aliphatic carbocycles. The topological polar surface area (TPSA) is 56.2 Å². The average molecular weight is 253 g/mol. The third-order valence-electron chi connectivity index (χ3n) is 2.66. The van der Waals surface area contributed by atoms with E-state index >= 15 is 0 Å². The number of nitrogens with zero attached hydrogens (tertiary/aromatic N) is 2. The first-order valence-corrected chi connectivity index (χ1v) is 6.51. The molecule has 0 amide bonds. The van der Waals surface area contributed by atoms with E-state index in [-0.39, 0.29) is 12.0 Å². The number of nitrogens with one attached hydrogen (secondary N) is 1. The van der Waals surface area contributed by atoms with Crippen LogP contribution >= 0.6 is 0 Å². The van der Waals surface area contributed by atoms with Crippen LogP contribution in [0.2, 0.25) is 0 Å². The van der Waals surface area contributed by atoms with Crippen molar-refractivity contribution in [2.75, 3.05) is 13.2 Å². The van der Waals surface area contributed by atoms with E-state index in [2.05, 4.69) is 24.1 Å². The van der Waals surface area contributed by atoms with Gasteiger partial charge in [0.1, 0.15) is 11.9 Å². The van der Waals surface area contributed by atoms with E-state index in [0.717, 1.165) is 12.4 Å². The Morgan fingerprint density at radius 3 is 2.78 bits per heavy atom. The van der Waals surface area contributed by atoms with Gasteiger partial charge in [-0.1, -0.05) is 20.8 Å². The van der Waals surface area contributed by atoms with Crippen molar-refractivity contribution >= 4 is 5.97 Å². The average Bonchev–Trinajstić information content (AvgIpc) is 2.77. The summed E-state index contributed by atoms with van der Waals surface area (Å²) in [6.07, 6.45) is 3.67. The molecule has 0 aliphatic rings. The van der Waals surface area contributed by atoms with Crippen molar-refractivity contribution in [3.63, 3.8) is 0 Å². The fourth-order valence-electron chi connectivity index (χ4n) is 1.88. The van der Waals surface area contributed by atoms with Crippen molar-refractivity contribution in [2.24, 2.45) is 0 Å². The molecule has 1 atom stereocenters. The lowest BCUT2D eigenvalue weighted by Gasteiger charge is -2.19. The van der Waals surface area contributed by atoms with Crippen LogP contribution in [-0.2, 0) is 16.1 Å². The number of likely N-dealkylation sites (N-methyl/N-ethyl adjacent to an activating group) is 1. The predicted octanol–water partition coefficient (Wildman–Crippen LogP) is 1.55. The lowest BCUT2D eigenvalue weighted by atomic mass is 10.2. The number of hydrogen-bond donors (Lipinski definition) is 1. The summed E-state index contributed by atoms with van der Waals surface area (Å²) < 4.78 is 7.08. The number of esters is 1. The second-order valence-corrected chi connectivity index (χ2v) is 4.45. The van der Waals surface area contributed by atoms with Crippen molar-refractivity contribution in [3.05, 3.63) is 18.2 Å². The molecule has 18 heavy (non-hydrogen) atoms.